The Morgan fingerprint density at radius 2 is 2.00 bits per heavy atom. The number of fused-ring (bicyclic) bond motifs is 1. The normalized spacial score (nSPS) is 18.5. The van der Waals surface area contributed by atoms with Crippen LogP contribution in [0, 0.1) is 0 Å². The molecule has 2 heterocycles. The van der Waals surface area contributed by atoms with Crippen molar-refractivity contribution in [3.63, 3.8) is 0 Å². The maximum Gasteiger partial charge on any atom is 0.257 e. The molecule has 4 rings (SSSR count). The number of aromatic nitrogens is 2. The highest BCUT2D eigenvalue weighted by molar-refractivity contribution is 5.32. The van der Waals surface area contributed by atoms with E-state index in [4.69, 9.17) is 0 Å². The molecule has 1 aromatic heterocycles. The summed E-state index contributed by atoms with van der Waals surface area (Å²) in [6, 6.07) is 10.9. The molecule has 1 fully saturated rings. The van der Waals surface area contributed by atoms with E-state index in [-0.39, 0.29) is 5.56 Å². The van der Waals surface area contributed by atoms with E-state index in [0.29, 0.717) is 18.5 Å². The smallest absolute Gasteiger partial charge is 0.257 e. The zero-order valence-corrected chi connectivity index (χ0v) is 13.9. The molecule has 126 valence electrons. The first-order valence-corrected chi connectivity index (χ1v) is 8.93. The van der Waals surface area contributed by atoms with Gasteiger partial charge in [0.25, 0.3) is 5.56 Å². The number of aromatic amines is 1. The van der Waals surface area contributed by atoms with Gasteiger partial charge in [0.15, 0.2) is 0 Å². The molecule has 0 radical (unpaired) electrons. The summed E-state index contributed by atoms with van der Waals surface area (Å²) in [6.07, 6.45) is 5.71. The number of anilines is 1. The first kappa shape index (κ1) is 15.4. The molecule has 2 N–H and O–H groups in total. The molecule has 1 saturated carbocycles. The molecule has 0 bridgehead atoms. The Morgan fingerprint density at radius 3 is 2.79 bits per heavy atom. The number of hydrogen-bond acceptors (Lipinski definition) is 4. The lowest BCUT2D eigenvalue weighted by Crippen LogP contribution is -2.36. The SMILES string of the molecule is O=c1[nH]c(NC2CCCC2)nc2c1CN(Cc1ccccc1)CC2. The minimum atomic E-state index is 0.0123. The van der Waals surface area contributed by atoms with Gasteiger partial charge >= 0.3 is 0 Å². The predicted molar refractivity (Wildman–Crippen MR) is 95.0 cm³/mol. The van der Waals surface area contributed by atoms with Crippen LogP contribution in [0.5, 0.6) is 0 Å². The monoisotopic (exact) mass is 324 g/mol. The Labute approximate surface area is 142 Å². The van der Waals surface area contributed by atoms with Gasteiger partial charge in [0.05, 0.1) is 11.3 Å². The van der Waals surface area contributed by atoms with Crippen molar-refractivity contribution in [2.45, 2.75) is 51.2 Å². The number of nitrogens with zero attached hydrogens (tertiary/aromatic N) is 2. The van der Waals surface area contributed by atoms with Crippen molar-refractivity contribution in [1.82, 2.24) is 14.9 Å². The van der Waals surface area contributed by atoms with Crippen molar-refractivity contribution in [3.05, 3.63) is 57.5 Å². The van der Waals surface area contributed by atoms with Crippen molar-refractivity contribution in [2.24, 2.45) is 0 Å². The Kier molecular flexibility index (Phi) is 4.34. The van der Waals surface area contributed by atoms with Crippen molar-refractivity contribution in [3.8, 4) is 0 Å². The summed E-state index contributed by atoms with van der Waals surface area (Å²) in [6.45, 7) is 2.50. The van der Waals surface area contributed by atoms with Gasteiger partial charge in [-0.3, -0.25) is 14.7 Å². The van der Waals surface area contributed by atoms with E-state index >= 15 is 0 Å². The quantitative estimate of drug-likeness (QED) is 0.908. The molecule has 0 spiro atoms. The second kappa shape index (κ2) is 6.77. The fraction of sp³-hybridized carbons (Fsp3) is 0.474. The molecule has 24 heavy (non-hydrogen) atoms. The second-order valence-corrected chi connectivity index (χ2v) is 6.91. The summed E-state index contributed by atoms with van der Waals surface area (Å²) in [7, 11) is 0. The van der Waals surface area contributed by atoms with Crippen LogP contribution >= 0.6 is 0 Å². The topological polar surface area (TPSA) is 61.0 Å². The van der Waals surface area contributed by atoms with Gasteiger partial charge in [0.1, 0.15) is 0 Å². The van der Waals surface area contributed by atoms with E-state index in [2.05, 4.69) is 44.5 Å². The number of hydrogen-bond donors (Lipinski definition) is 2. The maximum atomic E-state index is 12.5. The molecule has 0 saturated heterocycles. The van der Waals surface area contributed by atoms with Crippen LogP contribution in [0.3, 0.4) is 0 Å². The first-order valence-electron chi connectivity index (χ1n) is 8.93. The molecule has 5 nitrogen and oxygen atoms in total. The minimum Gasteiger partial charge on any atom is -0.353 e. The molecular formula is C19H24N4O. The lowest BCUT2D eigenvalue weighted by Gasteiger charge is -2.28. The molecule has 0 amide bonds. The molecular weight excluding hydrogens is 300 g/mol. The second-order valence-electron chi connectivity index (χ2n) is 6.91. The Morgan fingerprint density at radius 1 is 1.21 bits per heavy atom. The van der Waals surface area contributed by atoms with Crippen LogP contribution < -0.4 is 10.9 Å². The minimum absolute atomic E-state index is 0.0123. The van der Waals surface area contributed by atoms with Crippen molar-refractivity contribution >= 4 is 5.95 Å². The third-order valence-corrected chi connectivity index (χ3v) is 5.09. The summed E-state index contributed by atoms with van der Waals surface area (Å²) < 4.78 is 0. The van der Waals surface area contributed by atoms with Crippen LogP contribution in [0.4, 0.5) is 5.95 Å². The van der Waals surface area contributed by atoms with Crippen molar-refractivity contribution < 1.29 is 0 Å². The van der Waals surface area contributed by atoms with E-state index < -0.39 is 0 Å². The first-order chi connectivity index (χ1) is 11.8. The summed E-state index contributed by atoms with van der Waals surface area (Å²) in [4.78, 5) is 22.4. The molecule has 0 atom stereocenters. The van der Waals surface area contributed by atoms with Crippen molar-refractivity contribution in [1.29, 1.82) is 0 Å². The number of H-pyrrole nitrogens is 1. The Hall–Kier alpha value is -2.14. The van der Waals surface area contributed by atoms with Crippen LogP contribution in [0.1, 0.15) is 42.5 Å². The summed E-state index contributed by atoms with van der Waals surface area (Å²) in [5, 5.41) is 3.40. The van der Waals surface area contributed by atoms with Gasteiger partial charge < -0.3 is 5.32 Å². The maximum absolute atomic E-state index is 12.5. The van der Waals surface area contributed by atoms with Crippen LogP contribution in [0.15, 0.2) is 35.1 Å². The zero-order chi connectivity index (χ0) is 16.4. The number of rotatable bonds is 4. The van der Waals surface area contributed by atoms with Crippen LogP contribution in [0.25, 0.3) is 0 Å². The fourth-order valence-corrected chi connectivity index (χ4v) is 3.79. The molecule has 2 aliphatic rings. The molecule has 1 aromatic carbocycles. The molecule has 2 aromatic rings. The van der Waals surface area contributed by atoms with Gasteiger partial charge in [-0.05, 0) is 18.4 Å². The summed E-state index contributed by atoms with van der Waals surface area (Å²) >= 11 is 0. The van der Waals surface area contributed by atoms with E-state index in [0.717, 1.165) is 30.8 Å². The third kappa shape index (κ3) is 3.36. The van der Waals surface area contributed by atoms with Crippen LogP contribution in [-0.2, 0) is 19.5 Å². The lowest BCUT2D eigenvalue weighted by molar-refractivity contribution is 0.242. The molecule has 5 heteroatoms. The molecule has 0 unspecified atom stereocenters. The highest BCUT2D eigenvalue weighted by Crippen LogP contribution is 2.22. The average Bonchev–Trinajstić information content (AvgIpc) is 3.09. The zero-order valence-electron chi connectivity index (χ0n) is 13.9. The molecule has 1 aliphatic heterocycles. The van der Waals surface area contributed by atoms with Crippen molar-refractivity contribution in [2.75, 3.05) is 11.9 Å². The average molecular weight is 324 g/mol. The third-order valence-electron chi connectivity index (χ3n) is 5.09. The highest BCUT2D eigenvalue weighted by Gasteiger charge is 2.22. The van der Waals surface area contributed by atoms with Gasteiger partial charge in [0.2, 0.25) is 5.95 Å². The van der Waals surface area contributed by atoms with Gasteiger partial charge in [-0.25, -0.2) is 4.98 Å². The van der Waals surface area contributed by atoms with Gasteiger partial charge in [-0.2, -0.15) is 0 Å². The van der Waals surface area contributed by atoms with E-state index in [1.165, 1.54) is 31.2 Å². The highest BCUT2D eigenvalue weighted by atomic mass is 16.1. The van der Waals surface area contributed by atoms with E-state index in [9.17, 15) is 4.79 Å². The van der Waals surface area contributed by atoms with E-state index in [1.807, 2.05) is 6.07 Å². The predicted octanol–water partition coefficient (Wildman–Crippen LogP) is 2.68. The summed E-state index contributed by atoms with van der Waals surface area (Å²) in [5.41, 5.74) is 3.08. The lowest BCUT2D eigenvalue weighted by atomic mass is 10.1. The fourth-order valence-electron chi connectivity index (χ4n) is 3.79. The molecule has 1 aliphatic carbocycles. The van der Waals surface area contributed by atoms with Crippen LogP contribution in [-0.4, -0.2) is 27.5 Å². The Balaban J connectivity index is 1.48. The summed E-state index contributed by atoms with van der Waals surface area (Å²) in [5.74, 6) is 0.655. The van der Waals surface area contributed by atoms with Gasteiger partial charge in [-0.1, -0.05) is 43.2 Å². The Bertz CT molecular complexity index is 750. The number of benzene rings is 1. The standard InChI is InChI=1S/C19H24N4O/c24-18-16-13-23(12-14-6-2-1-3-7-14)11-10-17(16)21-19(22-18)20-15-8-4-5-9-15/h1-3,6-7,15H,4-5,8-13H2,(H2,20,21,22,24). The van der Waals surface area contributed by atoms with Gasteiger partial charge in [0, 0.05) is 32.1 Å². The van der Waals surface area contributed by atoms with Crippen LogP contribution in [0.2, 0.25) is 0 Å². The van der Waals surface area contributed by atoms with Gasteiger partial charge in [-0.15, -0.1) is 0 Å². The largest absolute Gasteiger partial charge is 0.353 e. The number of nitrogens with one attached hydrogen (secondary N) is 2. The van der Waals surface area contributed by atoms with E-state index in [1.54, 1.807) is 0 Å².